The van der Waals surface area contributed by atoms with Crippen LogP contribution in [0.15, 0.2) is 42.5 Å². The third kappa shape index (κ3) is 4.07. The van der Waals surface area contributed by atoms with Crippen molar-refractivity contribution in [2.45, 2.75) is 13.8 Å². The number of amides is 1. The van der Waals surface area contributed by atoms with Gasteiger partial charge in [0, 0.05) is 23.7 Å². The zero-order valence-electron chi connectivity index (χ0n) is 14.9. The van der Waals surface area contributed by atoms with Crippen molar-refractivity contribution in [3.63, 3.8) is 0 Å². The molecule has 0 aliphatic rings. The van der Waals surface area contributed by atoms with Crippen molar-refractivity contribution in [1.82, 2.24) is 4.98 Å². The largest absolute Gasteiger partial charge is 0.461 e. The highest BCUT2D eigenvalue weighted by Crippen LogP contribution is 2.31. The van der Waals surface area contributed by atoms with E-state index in [2.05, 4.69) is 21.7 Å². The summed E-state index contributed by atoms with van der Waals surface area (Å²) in [6.07, 6.45) is 0. The minimum Gasteiger partial charge on any atom is -0.461 e. The molecule has 27 heavy (non-hydrogen) atoms. The summed E-state index contributed by atoms with van der Waals surface area (Å²) in [7, 11) is 0. The zero-order valence-corrected chi connectivity index (χ0v) is 14.9. The Hall–Kier alpha value is -3.79. The number of ether oxygens (including phenoxy) is 1. The Balaban J connectivity index is 2.05. The smallest absolute Gasteiger partial charge is 0.354 e. The number of fused-ring (bicyclic) bond motifs is 1. The Labute approximate surface area is 155 Å². The fourth-order valence-electron chi connectivity index (χ4n) is 2.72. The van der Waals surface area contributed by atoms with Gasteiger partial charge in [0.2, 0.25) is 5.91 Å². The molecule has 1 amide bonds. The van der Waals surface area contributed by atoms with E-state index in [1.165, 1.54) is 6.92 Å². The number of esters is 1. The van der Waals surface area contributed by atoms with Gasteiger partial charge in [-0.2, -0.15) is 5.26 Å². The van der Waals surface area contributed by atoms with Gasteiger partial charge >= 0.3 is 5.97 Å². The predicted molar refractivity (Wildman–Crippen MR) is 103 cm³/mol. The van der Waals surface area contributed by atoms with E-state index >= 15 is 0 Å². The second-order valence-corrected chi connectivity index (χ2v) is 5.88. The number of carbonyl (C=O) groups is 2. The molecule has 0 aliphatic carbocycles. The first-order valence-corrected chi connectivity index (χ1v) is 8.39. The van der Waals surface area contributed by atoms with Crippen molar-refractivity contribution in [1.29, 1.82) is 5.26 Å². The van der Waals surface area contributed by atoms with Crippen LogP contribution in [0.3, 0.4) is 0 Å². The highest BCUT2D eigenvalue weighted by atomic mass is 16.5. The molecule has 0 saturated heterocycles. The third-order valence-corrected chi connectivity index (χ3v) is 3.85. The maximum Gasteiger partial charge on any atom is 0.354 e. The van der Waals surface area contributed by atoms with Crippen LogP contribution in [0.4, 0.5) is 17.1 Å². The van der Waals surface area contributed by atoms with Gasteiger partial charge < -0.3 is 20.4 Å². The molecule has 0 bridgehead atoms. The van der Waals surface area contributed by atoms with Crippen molar-refractivity contribution in [3.8, 4) is 6.07 Å². The minimum atomic E-state index is -0.445. The summed E-state index contributed by atoms with van der Waals surface area (Å²) in [5, 5.41) is 15.7. The number of carbonyl (C=O) groups excluding carboxylic acids is 2. The first kappa shape index (κ1) is 18.0. The molecule has 0 aliphatic heterocycles. The number of nitrogens with one attached hydrogen (secondary N) is 3. The monoisotopic (exact) mass is 362 g/mol. The molecule has 0 fully saturated rings. The van der Waals surface area contributed by atoms with Gasteiger partial charge in [-0.05, 0) is 49.4 Å². The summed E-state index contributed by atoms with van der Waals surface area (Å²) in [5.41, 5.74) is 3.63. The summed E-state index contributed by atoms with van der Waals surface area (Å²) in [6, 6.07) is 14.3. The molecule has 0 radical (unpaired) electrons. The average Bonchev–Trinajstić information content (AvgIpc) is 3.06. The van der Waals surface area contributed by atoms with Gasteiger partial charge in [0.05, 0.1) is 29.4 Å². The second kappa shape index (κ2) is 7.62. The van der Waals surface area contributed by atoms with Crippen LogP contribution in [0.25, 0.3) is 10.9 Å². The molecule has 2 aromatic carbocycles. The number of H-pyrrole nitrogens is 1. The first-order valence-electron chi connectivity index (χ1n) is 8.39. The number of benzene rings is 2. The van der Waals surface area contributed by atoms with E-state index in [0.717, 1.165) is 11.1 Å². The number of nitrogens with zero attached hydrogens (tertiary/aromatic N) is 1. The van der Waals surface area contributed by atoms with Crippen LogP contribution in [0, 0.1) is 11.3 Å². The van der Waals surface area contributed by atoms with E-state index in [0.29, 0.717) is 28.1 Å². The number of nitriles is 1. The van der Waals surface area contributed by atoms with E-state index in [1.54, 1.807) is 49.4 Å². The van der Waals surface area contributed by atoms with Crippen LogP contribution >= 0.6 is 0 Å². The van der Waals surface area contributed by atoms with Gasteiger partial charge in [-0.25, -0.2) is 4.79 Å². The first-order chi connectivity index (χ1) is 13.0. The van der Waals surface area contributed by atoms with Crippen molar-refractivity contribution < 1.29 is 14.3 Å². The van der Waals surface area contributed by atoms with Crippen LogP contribution in [0.5, 0.6) is 0 Å². The molecule has 0 spiro atoms. The molecule has 3 aromatic rings. The van der Waals surface area contributed by atoms with Crippen LogP contribution < -0.4 is 10.6 Å². The van der Waals surface area contributed by atoms with Gasteiger partial charge in [-0.15, -0.1) is 0 Å². The lowest BCUT2D eigenvalue weighted by Gasteiger charge is -2.11. The van der Waals surface area contributed by atoms with Crippen molar-refractivity contribution in [3.05, 3.63) is 53.7 Å². The Morgan fingerprint density at radius 3 is 2.52 bits per heavy atom. The Morgan fingerprint density at radius 2 is 1.89 bits per heavy atom. The minimum absolute atomic E-state index is 0.198. The SMILES string of the molecule is CCOC(=O)c1cc2c(Nc3ccc(C#N)cc3)cc(NC(C)=O)cc2[nH]1. The van der Waals surface area contributed by atoms with Gasteiger partial charge in [-0.1, -0.05) is 0 Å². The third-order valence-electron chi connectivity index (χ3n) is 3.85. The van der Waals surface area contributed by atoms with E-state index in [1.807, 2.05) is 0 Å². The highest BCUT2D eigenvalue weighted by Gasteiger charge is 2.14. The Bertz CT molecular complexity index is 1050. The van der Waals surface area contributed by atoms with Crippen LogP contribution in [-0.2, 0) is 9.53 Å². The lowest BCUT2D eigenvalue weighted by Crippen LogP contribution is -2.06. The summed E-state index contributed by atoms with van der Waals surface area (Å²) < 4.78 is 5.05. The molecule has 1 aromatic heterocycles. The van der Waals surface area contributed by atoms with Gasteiger partial charge in [0.25, 0.3) is 0 Å². The summed E-state index contributed by atoms with van der Waals surface area (Å²) in [5.74, 6) is -0.644. The molecule has 3 rings (SSSR count). The van der Waals surface area contributed by atoms with E-state index in [4.69, 9.17) is 10.00 Å². The fraction of sp³-hybridized carbons (Fsp3) is 0.150. The number of aromatic amines is 1. The highest BCUT2D eigenvalue weighted by molar-refractivity contribution is 6.03. The molecule has 1 heterocycles. The lowest BCUT2D eigenvalue weighted by atomic mass is 10.1. The quantitative estimate of drug-likeness (QED) is 0.596. The van der Waals surface area contributed by atoms with Gasteiger partial charge in [0.1, 0.15) is 5.69 Å². The van der Waals surface area contributed by atoms with Crippen molar-refractivity contribution in [2.75, 3.05) is 17.2 Å². The topological polar surface area (TPSA) is 107 Å². The molecule has 136 valence electrons. The predicted octanol–water partition coefficient (Wildman–Crippen LogP) is 3.92. The number of rotatable bonds is 5. The number of hydrogen-bond donors (Lipinski definition) is 3. The van der Waals surface area contributed by atoms with Crippen molar-refractivity contribution >= 4 is 39.8 Å². The fourth-order valence-corrected chi connectivity index (χ4v) is 2.72. The molecule has 7 heteroatoms. The van der Waals surface area contributed by atoms with E-state index < -0.39 is 5.97 Å². The molecule has 3 N–H and O–H groups in total. The normalized spacial score (nSPS) is 10.3. The molecular formula is C20H18N4O3. The molecule has 7 nitrogen and oxygen atoms in total. The molecular weight excluding hydrogens is 344 g/mol. The molecule has 0 saturated carbocycles. The maximum absolute atomic E-state index is 12.0. The molecule has 0 unspecified atom stereocenters. The van der Waals surface area contributed by atoms with Crippen LogP contribution in [-0.4, -0.2) is 23.5 Å². The number of anilines is 3. The van der Waals surface area contributed by atoms with Crippen LogP contribution in [0.1, 0.15) is 29.9 Å². The summed E-state index contributed by atoms with van der Waals surface area (Å²) in [6.45, 7) is 3.45. The second-order valence-electron chi connectivity index (χ2n) is 5.88. The lowest BCUT2D eigenvalue weighted by molar-refractivity contribution is -0.114. The van der Waals surface area contributed by atoms with Crippen LogP contribution in [0.2, 0.25) is 0 Å². The van der Waals surface area contributed by atoms with Crippen molar-refractivity contribution in [2.24, 2.45) is 0 Å². The summed E-state index contributed by atoms with van der Waals surface area (Å²) in [4.78, 5) is 26.5. The van der Waals surface area contributed by atoms with Gasteiger partial charge in [0.15, 0.2) is 0 Å². The molecule has 0 atom stereocenters. The van der Waals surface area contributed by atoms with E-state index in [-0.39, 0.29) is 12.5 Å². The summed E-state index contributed by atoms with van der Waals surface area (Å²) >= 11 is 0. The average molecular weight is 362 g/mol. The Kier molecular flexibility index (Phi) is 5.08. The number of hydrogen-bond acceptors (Lipinski definition) is 5. The maximum atomic E-state index is 12.0. The zero-order chi connectivity index (χ0) is 19.4. The number of aromatic nitrogens is 1. The Morgan fingerprint density at radius 1 is 1.15 bits per heavy atom. The standard InChI is InChI=1S/C20H18N4O3/c1-3-27-20(26)19-10-16-17(23-14-6-4-13(11-21)5-7-14)8-15(22-12(2)25)9-18(16)24-19/h4-10,23-24H,3H2,1-2H3,(H,22,25). The van der Waals surface area contributed by atoms with E-state index in [9.17, 15) is 9.59 Å². The van der Waals surface area contributed by atoms with Gasteiger partial charge in [-0.3, -0.25) is 4.79 Å².